The van der Waals surface area contributed by atoms with E-state index in [1.54, 1.807) is 13.2 Å². The van der Waals surface area contributed by atoms with Gasteiger partial charge in [0.2, 0.25) is 0 Å². The number of carbonyl (C=O) groups excluding carboxylic acids is 1. The molecule has 0 heterocycles. The summed E-state index contributed by atoms with van der Waals surface area (Å²) in [5.41, 5.74) is 2.80. The lowest BCUT2D eigenvalue weighted by molar-refractivity contribution is 0.0500. The van der Waals surface area contributed by atoms with Gasteiger partial charge in [0.05, 0.1) is 18.8 Å². The smallest absolute Gasteiger partial charge is 0.338 e. The van der Waals surface area contributed by atoms with Gasteiger partial charge in [-0.25, -0.2) is 4.79 Å². The van der Waals surface area contributed by atoms with Crippen LogP contribution in [-0.2, 0) is 22.5 Å². The first-order valence-electron chi connectivity index (χ1n) is 7.08. The Morgan fingerprint density at radius 2 is 1.76 bits per heavy atom. The number of carbonyl (C=O) groups is 1. The van der Waals surface area contributed by atoms with Gasteiger partial charge in [-0.2, -0.15) is 0 Å². The molecule has 110 valence electrons. The predicted octanol–water partition coefficient (Wildman–Crippen LogP) is 3.62. The molecule has 3 heteroatoms. The second-order valence-corrected chi connectivity index (χ2v) is 4.86. The molecule has 2 rings (SSSR count). The monoisotopic (exact) mass is 284 g/mol. The SMILES string of the molecule is COCc1cccc(C(=O)OCCCc2ccccc2)c1. The quantitative estimate of drug-likeness (QED) is 0.575. The summed E-state index contributed by atoms with van der Waals surface area (Å²) in [5, 5.41) is 0. The minimum Gasteiger partial charge on any atom is -0.462 e. The fraction of sp³-hybridized carbons (Fsp3) is 0.278. The van der Waals surface area contributed by atoms with Crippen molar-refractivity contribution in [3.63, 3.8) is 0 Å². The summed E-state index contributed by atoms with van der Waals surface area (Å²) in [6.45, 7) is 0.928. The molecule has 0 atom stereocenters. The summed E-state index contributed by atoms with van der Waals surface area (Å²) in [6.07, 6.45) is 1.74. The van der Waals surface area contributed by atoms with Crippen molar-refractivity contribution in [3.8, 4) is 0 Å². The van der Waals surface area contributed by atoms with Crippen molar-refractivity contribution >= 4 is 5.97 Å². The Morgan fingerprint density at radius 3 is 2.52 bits per heavy atom. The minimum absolute atomic E-state index is 0.277. The fourth-order valence-corrected chi connectivity index (χ4v) is 2.12. The van der Waals surface area contributed by atoms with Crippen LogP contribution in [0.2, 0.25) is 0 Å². The van der Waals surface area contributed by atoms with Gasteiger partial charge in [-0.1, -0.05) is 42.5 Å². The third-order valence-electron chi connectivity index (χ3n) is 3.16. The average Bonchev–Trinajstić information content (AvgIpc) is 2.53. The Kier molecular flexibility index (Phi) is 5.98. The van der Waals surface area contributed by atoms with Crippen LogP contribution in [0.1, 0.15) is 27.9 Å². The number of hydrogen-bond donors (Lipinski definition) is 0. The lowest BCUT2D eigenvalue weighted by atomic mass is 10.1. The zero-order chi connectivity index (χ0) is 14.9. The molecule has 0 spiro atoms. The highest BCUT2D eigenvalue weighted by Crippen LogP contribution is 2.09. The molecule has 21 heavy (non-hydrogen) atoms. The van der Waals surface area contributed by atoms with E-state index in [2.05, 4.69) is 12.1 Å². The van der Waals surface area contributed by atoms with Crippen LogP contribution in [0.15, 0.2) is 54.6 Å². The number of esters is 1. The van der Waals surface area contributed by atoms with Crippen LogP contribution < -0.4 is 0 Å². The van der Waals surface area contributed by atoms with Gasteiger partial charge in [-0.3, -0.25) is 0 Å². The van der Waals surface area contributed by atoms with E-state index in [0.29, 0.717) is 18.8 Å². The number of methoxy groups -OCH3 is 1. The van der Waals surface area contributed by atoms with Crippen LogP contribution in [0.4, 0.5) is 0 Å². The van der Waals surface area contributed by atoms with Crippen molar-refractivity contribution in [3.05, 3.63) is 71.3 Å². The molecule has 2 aromatic carbocycles. The van der Waals surface area contributed by atoms with Crippen LogP contribution in [0.25, 0.3) is 0 Å². The van der Waals surface area contributed by atoms with Gasteiger partial charge in [-0.05, 0) is 36.1 Å². The first-order valence-corrected chi connectivity index (χ1v) is 7.08. The van der Waals surface area contributed by atoms with Crippen molar-refractivity contribution in [2.75, 3.05) is 13.7 Å². The molecule has 0 N–H and O–H groups in total. The molecule has 0 saturated heterocycles. The lowest BCUT2D eigenvalue weighted by Gasteiger charge is -2.06. The number of aryl methyl sites for hydroxylation is 1. The lowest BCUT2D eigenvalue weighted by Crippen LogP contribution is -2.07. The molecule has 0 aromatic heterocycles. The largest absolute Gasteiger partial charge is 0.462 e. The van der Waals surface area contributed by atoms with E-state index in [1.165, 1.54) is 5.56 Å². The van der Waals surface area contributed by atoms with Gasteiger partial charge in [0.1, 0.15) is 0 Å². The maximum atomic E-state index is 11.9. The van der Waals surface area contributed by atoms with Gasteiger partial charge in [0.15, 0.2) is 0 Å². The van der Waals surface area contributed by atoms with Crippen molar-refractivity contribution in [2.45, 2.75) is 19.4 Å². The van der Waals surface area contributed by atoms with E-state index in [9.17, 15) is 4.79 Å². The van der Waals surface area contributed by atoms with E-state index in [0.717, 1.165) is 18.4 Å². The van der Waals surface area contributed by atoms with Crippen molar-refractivity contribution < 1.29 is 14.3 Å². The Bertz CT molecular complexity index is 564. The molecule has 0 bridgehead atoms. The van der Waals surface area contributed by atoms with Crippen molar-refractivity contribution in [1.82, 2.24) is 0 Å². The van der Waals surface area contributed by atoms with Gasteiger partial charge >= 0.3 is 5.97 Å². The molecule has 0 aliphatic heterocycles. The normalized spacial score (nSPS) is 10.3. The molecule has 0 aliphatic rings. The topological polar surface area (TPSA) is 35.5 Å². The van der Waals surface area contributed by atoms with Crippen LogP contribution >= 0.6 is 0 Å². The zero-order valence-electron chi connectivity index (χ0n) is 12.2. The first-order chi connectivity index (χ1) is 10.3. The predicted molar refractivity (Wildman–Crippen MR) is 82.2 cm³/mol. The molecule has 0 radical (unpaired) electrons. The van der Waals surface area contributed by atoms with Gasteiger partial charge in [0, 0.05) is 7.11 Å². The molecular formula is C18H20O3. The maximum absolute atomic E-state index is 11.9. The average molecular weight is 284 g/mol. The molecule has 0 fully saturated rings. The van der Waals surface area contributed by atoms with E-state index in [-0.39, 0.29) is 5.97 Å². The molecule has 0 aliphatic carbocycles. The summed E-state index contributed by atoms with van der Waals surface area (Å²) >= 11 is 0. The molecule has 2 aromatic rings. The second kappa shape index (κ2) is 8.22. The summed E-state index contributed by atoms with van der Waals surface area (Å²) in [7, 11) is 1.63. The summed E-state index contributed by atoms with van der Waals surface area (Å²) in [4.78, 5) is 11.9. The summed E-state index contributed by atoms with van der Waals surface area (Å²) in [5.74, 6) is -0.277. The third-order valence-corrected chi connectivity index (χ3v) is 3.16. The maximum Gasteiger partial charge on any atom is 0.338 e. The Morgan fingerprint density at radius 1 is 1.00 bits per heavy atom. The highest BCUT2D eigenvalue weighted by Gasteiger charge is 2.07. The van der Waals surface area contributed by atoms with E-state index < -0.39 is 0 Å². The van der Waals surface area contributed by atoms with Crippen LogP contribution in [-0.4, -0.2) is 19.7 Å². The highest BCUT2D eigenvalue weighted by molar-refractivity contribution is 5.89. The van der Waals surface area contributed by atoms with Gasteiger partial charge in [0.25, 0.3) is 0 Å². The Labute approximate surface area is 125 Å². The zero-order valence-corrected chi connectivity index (χ0v) is 12.2. The fourth-order valence-electron chi connectivity index (χ4n) is 2.12. The van der Waals surface area contributed by atoms with E-state index >= 15 is 0 Å². The molecular weight excluding hydrogens is 264 g/mol. The second-order valence-electron chi connectivity index (χ2n) is 4.86. The number of hydrogen-bond acceptors (Lipinski definition) is 3. The van der Waals surface area contributed by atoms with E-state index in [1.807, 2.05) is 36.4 Å². The van der Waals surface area contributed by atoms with Gasteiger partial charge in [-0.15, -0.1) is 0 Å². The van der Waals surface area contributed by atoms with Crippen LogP contribution in [0.5, 0.6) is 0 Å². The van der Waals surface area contributed by atoms with Crippen LogP contribution in [0.3, 0.4) is 0 Å². The van der Waals surface area contributed by atoms with E-state index in [4.69, 9.17) is 9.47 Å². The van der Waals surface area contributed by atoms with Crippen molar-refractivity contribution in [1.29, 1.82) is 0 Å². The Balaban J connectivity index is 1.78. The van der Waals surface area contributed by atoms with Crippen molar-refractivity contribution in [2.24, 2.45) is 0 Å². The summed E-state index contributed by atoms with van der Waals surface area (Å²) < 4.78 is 10.4. The Hall–Kier alpha value is -2.13. The standard InChI is InChI=1S/C18H20O3/c1-20-14-16-9-5-11-17(13-16)18(19)21-12-6-10-15-7-3-2-4-8-15/h2-5,7-9,11,13H,6,10,12,14H2,1H3. The minimum atomic E-state index is -0.277. The molecule has 3 nitrogen and oxygen atoms in total. The number of benzene rings is 2. The highest BCUT2D eigenvalue weighted by atomic mass is 16.5. The molecule has 0 amide bonds. The number of rotatable bonds is 7. The third kappa shape index (κ3) is 5.04. The van der Waals surface area contributed by atoms with Gasteiger partial charge < -0.3 is 9.47 Å². The number of ether oxygens (including phenoxy) is 2. The molecule has 0 unspecified atom stereocenters. The van der Waals surface area contributed by atoms with Crippen LogP contribution in [0, 0.1) is 0 Å². The summed E-state index contributed by atoms with van der Waals surface area (Å²) in [6, 6.07) is 17.5. The first kappa shape index (κ1) is 15.3. The molecule has 0 saturated carbocycles.